The van der Waals surface area contributed by atoms with E-state index >= 15 is 0 Å². The van der Waals surface area contributed by atoms with E-state index in [4.69, 9.17) is 9.15 Å². The summed E-state index contributed by atoms with van der Waals surface area (Å²) in [6.45, 7) is 4.76. The Bertz CT molecular complexity index is 989. The van der Waals surface area contributed by atoms with Crippen LogP contribution in [0.5, 0.6) is 5.75 Å². The first-order chi connectivity index (χ1) is 14.0. The largest absolute Gasteiger partial charge is 0.486 e. The maximum atomic E-state index is 12.5. The molecule has 2 amide bonds. The van der Waals surface area contributed by atoms with Gasteiger partial charge in [-0.1, -0.05) is 19.1 Å². The molecule has 0 bridgehead atoms. The van der Waals surface area contributed by atoms with Crippen molar-refractivity contribution < 1.29 is 18.7 Å². The number of nitrogens with one attached hydrogen (secondary N) is 2. The van der Waals surface area contributed by atoms with Gasteiger partial charge in [0, 0.05) is 19.8 Å². The van der Waals surface area contributed by atoms with Gasteiger partial charge in [0.25, 0.3) is 11.8 Å². The quantitative estimate of drug-likeness (QED) is 0.609. The minimum Gasteiger partial charge on any atom is -0.486 e. The fraction of sp³-hybridized carbons (Fsp3) is 0.286. The maximum Gasteiger partial charge on any atom is 0.291 e. The van der Waals surface area contributed by atoms with Crippen LogP contribution in [-0.4, -0.2) is 28.6 Å². The molecule has 0 atom stereocenters. The Morgan fingerprint density at radius 2 is 1.86 bits per heavy atom. The summed E-state index contributed by atoms with van der Waals surface area (Å²) in [5.41, 5.74) is 1.70. The van der Waals surface area contributed by atoms with Gasteiger partial charge in [0.15, 0.2) is 11.5 Å². The number of benzene rings is 1. The van der Waals surface area contributed by atoms with Gasteiger partial charge in [-0.15, -0.1) is 0 Å². The Hall–Kier alpha value is -3.55. The molecule has 2 N–H and O–H groups in total. The second-order valence-electron chi connectivity index (χ2n) is 6.33. The Kier molecular flexibility index (Phi) is 6.33. The first-order valence-corrected chi connectivity index (χ1v) is 9.45. The van der Waals surface area contributed by atoms with Gasteiger partial charge in [0.2, 0.25) is 0 Å². The lowest BCUT2D eigenvalue weighted by atomic mass is 10.2. The van der Waals surface area contributed by atoms with E-state index in [9.17, 15) is 9.59 Å². The molecular formula is C21H24N4O4. The van der Waals surface area contributed by atoms with E-state index in [1.165, 1.54) is 12.6 Å². The van der Waals surface area contributed by atoms with Crippen LogP contribution in [0.3, 0.4) is 0 Å². The van der Waals surface area contributed by atoms with Crippen molar-refractivity contribution in [3.63, 3.8) is 0 Å². The number of hydrogen-bond donors (Lipinski definition) is 2. The van der Waals surface area contributed by atoms with E-state index in [1.807, 2.05) is 31.2 Å². The molecule has 3 aromatic rings. The number of furan rings is 1. The Balaban J connectivity index is 1.64. The molecule has 2 aromatic heterocycles. The molecule has 152 valence electrons. The second-order valence-corrected chi connectivity index (χ2v) is 6.33. The van der Waals surface area contributed by atoms with E-state index < -0.39 is 5.91 Å². The van der Waals surface area contributed by atoms with Gasteiger partial charge in [-0.3, -0.25) is 14.3 Å². The minimum absolute atomic E-state index is 0.122. The maximum absolute atomic E-state index is 12.5. The van der Waals surface area contributed by atoms with Crippen molar-refractivity contribution in [3.05, 3.63) is 65.4 Å². The van der Waals surface area contributed by atoms with E-state index in [1.54, 1.807) is 23.0 Å². The molecule has 0 aliphatic rings. The molecular weight excluding hydrogens is 372 g/mol. The molecule has 1 aromatic carbocycles. The first kappa shape index (κ1) is 20.2. The van der Waals surface area contributed by atoms with Crippen LogP contribution in [0.2, 0.25) is 0 Å². The number of anilines is 1. The van der Waals surface area contributed by atoms with Crippen LogP contribution in [-0.2, 0) is 19.6 Å². The van der Waals surface area contributed by atoms with E-state index in [2.05, 4.69) is 22.7 Å². The molecule has 0 radical (unpaired) electrons. The summed E-state index contributed by atoms with van der Waals surface area (Å²) >= 11 is 0. The minimum atomic E-state index is -0.468. The number of hydrogen-bond acceptors (Lipinski definition) is 5. The van der Waals surface area contributed by atoms with Crippen molar-refractivity contribution in [2.24, 2.45) is 0 Å². The summed E-state index contributed by atoms with van der Waals surface area (Å²) in [7, 11) is 1.51. The molecule has 0 spiro atoms. The van der Waals surface area contributed by atoms with Gasteiger partial charge in [-0.2, -0.15) is 5.10 Å². The summed E-state index contributed by atoms with van der Waals surface area (Å²) in [5, 5.41) is 9.35. The molecule has 2 heterocycles. The van der Waals surface area contributed by atoms with Crippen LogP contribution in [0.1, 0.15) is 46.2 Å². The van der Waals surface area contributed by atoms with Gasteiger partial charge in [-0.25, -0.2) is 0 Å². The third-order valence-corrected chi connectivity index (χ3v) is 4.37. The average molecular weight is 396 g/mol. The molecule has 3 rings (SSSR count). The molecule has 0 saturated carbocycles. The smallest absolute Gasteiger partial charge is 0.291 e. The highest BCUT2D eigenvalue weighted by Crippen LogP contribution is 2.18. The van der Waals surface area contributed by atoms with Crippen LogP contribution < -0.4 is 15.4 Å². The van der Waals surface area contributed by atoms with Crippen molar-refractivity contribution in [1.29, 1.82) is 0 Å². The summed E-state index contributed by atoms with van der Waals surface area (Å²) < 4.78 is 12.8. The molecule has 8 heteroatoms. The zero-order valence-electron chi connectivity index (χ0n) is 16.7. The monoisotopic (exact) mass is 396 g/mol. The van der Waals surface area contributed by atoms with Gasteiger partial charge in [-0.05, 0) is 43.2 Å². The van der Waals surface area contributed by atoms with Crippen LogP contribution in [0.4, 0.5) is 5.69 Å². The van der Waals surface area contributed by atoms with Crippen molar-refractivity contribution in [2.75, 3.05) is 12.4 Å². The van der Waals surface area contributed by atoms with Crippen LogP contribution in [0.25, 0.3) is 0 Å². The predicted octanol–water partition coefficient (Wildman–Crippen LogP) is 3.25. The number of nitrogens with zero attached hydrogens (tertiary/aromatic N) is 2. The van der Waals surface area contributed by atoms with Gasteiger partial charge in [0.05, 0.1) is 5.69 Å². The number of carbonyl (C=O) groups excluding carboxylic acids is 2. The molecule has 8 nitrogen and oxygen atoms in total. The molecule has 0 saturated heterocycles. The Morgan fingerprint density at radius 3 is 2.52 bits per heavy atom. The number of ether oxygens (including phenoxy) is 1. The zero-order chi connectivity index (χ0) is 20.8. The average Bonchev–Trinajstić information content (AvgIpc) is 3.39. The van der Waals surface area contributed by atoms with Gasteiger partial charge in [0.1, 0.15) is 18.1 Å². The van der Waals surface area contributed by atoms with Gasteiger partial charge < -0.3 is 19.8 Å². The molecule has 0 aliphatic heterocycles. The normalized spacial score (nSPS) is 10.6. The van der Waals surface area contributed by atoms with Crippen molar-refractivity contribution in [1.82, 2.24) is 15.1 Å². The molecule has 0 aliphatic carbocycles. The van der Waals surface area contributed by atoms with Crippen LogP contribution >= 0.6 is 0 Å². The lowest BCUT2D eigenvalue weighted by molar-refractivity contribution is 0.0958. The molecule has 0 unspecified atom stereocenters. The highest BCUT2D eigenvalue weighted by Gasteiger charge is 2.19. The second kappa shape index (κ2) is 9.09. The topological polar surface area (TPSA) is 98.4 Å². The lowest BCUT2D eigenvalue weighted by Crippen LogP contribution is -2.21. The van der Waals surface area contributed by atoms with E-state index in [0.717, 1.165) is 12.2 Å². The van der Waals surface area contributed by atoms with E-state index in [0.29, 0.717) is 18.0 Å². The highest BCUT2D eigenvalue weighted by molar-refractivity contribution is 6.06. The number of aromatic nitrogens is 2. The van der Waals surface area contributed by atoms with Gasteiger partial charge >= 0.3 is 0 Å². The SMILES string of the molecule is CCc1ccc(OCc2ccc(C(=O)Nc3cn(CC)nc3C(=O)NC)o2)cc1. The predicted molar refractivity (Wildman–Crippen MR) is 108 cm³/mol. The van der Waals surface area contributed by atoms with Crippen molar-refractivity contribution >= 4 is 17.5 Å². The number of amides is 2. The standard InChI is InChI=1S/C21H24N4O4/c1-4-14-6-8-15(9-7-14)28-13-16-10-11-18(29-16)20(26)23-17-12-25(5-2)24-19(17)21(27)22-3/h6-12H,4-5,13H2,1-3H3,(H,22,27)(H,23,26). The summed E-state index contributed by atoms with van der Waals surface area (Å²) in [6.07, 6.45) is 2.57. The number of aryl methyl sites for hydroxylation is 2. The lowest BCUT2D eigenvalue weighted by Gasteiger charge is -2.05. The Morgan fingerprint density at radius 1 is 1.10 bits per heavy atom. The third-order valence-electron chi connectivity index (χ3n) is 4.37. The fourth-order valence-electron chi connectivity index (χ4n) is 2.70. The summed E-state index contributed by atoms with van der Waals surface area (Å²) in [6, 6.07) is 11.1. The van der Waals surface area contributed by atoms with Crippen LogP contribution in [0, 0.1) is 0 Å². The number of rotatable bonds is 8. The van der Waals surface area contributed by atoms with Crippen molar-refractivity contribution in [2.45, 2.75) is 33.4 Å². The van der Waals surface area contributed by atoms with Crippen LogP contribution in [0.15, 0.2) is 47.0 Å². The zero-order valence-corrected chi connectivity index (χ0v) is 16.7. The molecule has 29 heavy (non-hydrogen) atoms. The first-order valence-electron chi connectivity index (χ1n) is 9.45. The third kappa shape index (κ3) is 4.84. The fourth-order valence-corrected chi connectivity index (χ4v) is 2.70. The Labute approximate surface area is 168 Å². The molecule has 0 fully saturated rings. The van der Waals surface area contributed by atoms with E-state index in [-0.39, 0.29) is 24.0 Å². The summed E-state index contributed by atoms with van der Waals surface area (Å²) in [5.74, 6) is 0.522. The number of carbonyl (C=O) groups is 2. The highest BCUT2D eigenvalue weighted by atomic mass is 16.5. The summed E-state index contributed by atoms with van der Waals surface area (Å²) in [4.78, 5) is 24.5. The van der Waals surface area contributed by atoms with Crippen molar-refractivity contribution in [3.8, 4) is 5.75 Å².